The Morgan fingerprint density at radius 3 is 2.56 bits per heavy atom. The number of benzene rings is 1. The van der Waals surface area contributed by atoms with Crippen LogP contribution in [-0.4, -0.2) is 5.54 Å². The van der Waals surface area contributed by atoms with Crippen LogP contribution in [-0.2, 0) is 6.42 Å². The summed E-state index contributed by atoms with van der Waals surface area (Å²) in [6, 6.07) is 5.71. The highest BCUT2D eigenvalue weighted by Crippen LogP contribution is 2.60. The van der Waals surface area contributed by atoms with Crippen LogP contribution >= 0.6 is 23.2 Å². The smallest absolute Gasteiger partial charge is 0.0453 e. The third-order valence-corrected chi connectivity index (χ3v) is 4.89. The molecule has 3 rings (SSSR count). The van der Waals surface area contributed by atoms with E-state index in [0.29, 0.717) is 5.02 Å². The number of hydrogen-bond donors (Lipinski definition) is 1. The summed E-state index contributed by atoms with van der Waals surface area (Å²) in [5.74, 6) is 1.47. The van der Waals surface area contributed by atoms with Gasteiger partial charge < -0.3 is 5.73 Å². The zero-order valence-electron chi connectivity index (χ0n) is 9.05. The Morgan fingerprint density at radius 1 is 1.25 bits per heavy atom. The second kappa shape index (κ2) is 3.63. The first-order valence-electron chi connectivity index (χ1n) is 5.84. The summed E-state index contributed by atoms with van der Waals surface area (Å²) >= 11 is 12.1. The third kappa shape index (κ3) is 1.57. The molecule has 1 aromatic rings. The van der Waals surface area contributed by atoms with Crippen molar-refractivity contribution in [3.63, 3.8) is 0 Å². The molecule has 0 radical (unpaired) electrons. The Hall–Kier alpha value is -0.240. The van der Waals surface area contributed by atoms with Crippen molar-refractivity contribution in [2.75, 3.05) is 0 Å². The minimum atomic E-state index is 0.0235. The fourth-order valence-electron chi connectivity index (χ4n) is 3.38. The maximum absolute atomic E-state index is 6.44. The molecule has 1 nitrogen and oxygen atoms in total. The summed E-state index contributed by atoms with van der Waals surface area (Å²) in [6.45, 7) is 0. The number of hydrogen-bond acceptors (Lipinski definition) is 1. The maximum Gasteiger partial charge on any atom is 0.0453 e. The molecule has 2 unspecified atom stereocenters. The lowest BCUT2D eigenvalue weighted by molar-refractivity contribution is 0.501. The number of rotatable bonds is 2. The molecule has 0 aliphatic heterocycles. The van der Waals surface area contributed by atoms with E-state index in [1.165, 1.54) is 19.3 Å². The zero-order valence-corrected chi connectivity index (χ0v) is 10.6. The van der Waals surface area contributed by atoms with Crippen LogP contribution in [0.1, 0.15) is 24.8 Å². The van der Waals surface area contributed by atoms with E-state index in [0.717, 1.165) is 28.8 Å². The van der Waals surface area contributed by atoms with E-state index < -0.39 is 0 Å². The summed E-state index contributed by atoms with van der Waals surface area (Å²) in [6.07, 6.45) is 4.85. The summed E-state index contributed by atoms with van der Waals surface area (Å²) in [5, 5.41) is 1.44. The van der Waals surface area contributed by atoms with Gasteiger partial charge in [0.2, 0.25) is 0 Å². The van der Waals surface area contributed by atoms with Crippen molar-refractivity contribution in [3.8, 4) is 0 Å². The highest BCUT2D eigenvalue weighted by atomic mass is 35.5. The minimum Gasteiger partial charge on any atom is -0.324 e. The topological polar surface area (TPSA) is 26.0 Å². The van der Waals surface area contributed by atoms with Crippen LogP contribution in [0.4, 0.5) is 0 Å². The van der Waals surface area contributed by atoms with Crippen molar-refractivity contribution < 1.29 is 0 Å². The van der Waals surface area contributed by atoms with Crippen molar-refractivity contribution in [2.24, 2.45) is 17.6 Å². The van der Waals surface area contributed by atoms with Gasteiger partial charge in [0.25, 0.3) is 0 Å². The minimum absolute atomic E-state index is 0.0235. The first kappa shape index (κ1) is 10.9. The van der Waals surface area contributed by atoms with Gasteiger partial charge in [-0.15, -0.1) is 0 Å². The van der Waals surface area contributed by atoms with Crippen LogP contribution < -0.4 is 5.73 Å². The van der Waals surface area contributed by atoms with E-state index in [2.05, 4.69) is 0 Å². The van der Waals surface area contributed by atoms with Crippen LogP contribution in [0, 0.1) is 11.8 Å². The van der Waals surface area contributed by atoms with Gasteiger partial charge in [-0.05, 0) is 48.8 Å². The molecule has 0 amide bonds. The lowest BCUT2D eigenvalue weighted by Gasteiger charge is -2.16. The monoisotopic (exact) mass is 255 g/mol. The molecular formula is C13H15Cl2N. The van der Waals surface area contributed by atoms with Gasteiger partial charge in [0.15, 0.2) is 0 Å². The van der Waals surface area contributed by atoms with E-state index in [1.807, 2.05) is 12.1 Å². The summed E-state index contributed by atoms with van der Waals surface area (Å²) in [7, 11) is 0. The molecule has 2 aliphatic rings. The van der Waals surface area contributed by atoms with Crippen molar-refractivity contribution in [3.05, 3.63) is 33.8 Å². The largest absolute Gasteiger partial charge is 0.324 e. The Bertz CT molecular complexity index is 420. The molecule has 1 aromatic carbocycles. The molecule has 0 bridgehead atoms. The Kier molecular flexibility index (Phi) is 2.47. The van der Waals surface area contributed by atoms with Gasteiger partial charge >= 0.3 is 0 Å². The molecule has 0 spiro atoms. The standard InChI is InChI=1S/C13H15Cl2N/c14-9-5-4-8(12(15)6-9)7-13(16)10-2-1-3-11(10)13/h4-6,10-11H,1-3,7,16H2. The molecule has 2 aliphatic carbocycles. The van der Waals surface area contributed by atoms with Gasteiger partial charge in [0.1, 0.15) is 0 Å². The fourth-order valence-corrected chi connectivity index (χ4v) is 3.86. The molecule has 0 saturated heterocycles. The highest BCUT2D eigenvalue weighted by Gasteiger charge is 2.63. The predicted molar refractivity (Wildman–Crippen MR) is 67.9 cm³/mol. The Labute approximate surface area is 106 Å². The van der Waals surface area contributed by atoms with Gasteiger partial charge in [-0.1, -0.05) is 35.7 Å². The summed E-state index contributed by atoms with van der Waals surface area (Å²) in [4.78, 5) is 0. The van der Waals surface area contributed by atoms with E-state index in [1.54, 1.807) is 6.07 Å². The number of nitrogens with two attached hydrogens (primary N) is 1. The molecule has 2 N–H and O–H groups in total. The molecule has 2 saturated carbocycles. The molecule has 3 heteroatoms. The fraction of sp³-hybridized carbons (Fsp3) is 0.538. The van der Waals surface area contributed by atoms with Crippen LogP contribution in [0.3, 0.4) is 0 Å². The van der Waals surface area contributed by atoms with Crippen LogP contribution in [0.2, 0.25) is 10.0 Å². The average molecular weight is 256 g/mol. The molecule has 2 atom stereocenters. The lowest BCUT2D eigenvalue weighted by Crippen LogP contribution is -2.31. The van der Waals surface area contributed by atoms with Crippen molar-refractivity contribution in [1.82, 2.24) is 0 Å². The van der Waals surface area contributed by atoms with Gasteiger partial charge in [0, 0.05) is 15.6 Å². The van der Waals surface area contributed by atoms with Crippen LogP contribution in [0.15, 0.2) is 18.2 Å². The SMILES string of the molecule is NC1(Cc2ccc(Cl)cc2Cl)C2CCCC21. The molecule has 2 fully saturated rings. The first-order valence-corrected chi connectivity index (χ1v) is 6.59. The predicted octanol–water partition coefficient (Wildman–Crippen LogP) is 3.66. The number of halogens is 2. The van der Waals surface area contributed by atoms with E-state index in [9.17, 15) is 0 Å². The van der Waals surface area contributed by atoms with Gasteiger partial charge in [-0.3, -0.25) is 0 Å². The average Bonchev–Trinajstić information content (AvgIpc) is 2.67. The third-order valence-electron chi connectivity index (χ3n) is 4.30. The summed E-state index contributed by atoms with van der Waals surface area (Å²) < 4.78 is 0. The summed E-state index contributed by atoms with van der Waals surface area (Å²) in [5.41, 5.74) is 7.61. The van der Waals surface area contributed by atoms with Crippen molar-refractivity contribution >= 4 is 23.2 Å². The lowest BCUT2D eigenvalue weighted by atomic mass is 9.97. The zero-order chi connectivity index (χ0) is 11.3. The van der Waals surface area contributed by atoms with Crippen molar-refractivity contribution in [2.45, 2.75) is 31.2 Å². The second-order valence-electron chi connectivity index (χ2n) is 5.17. The van der Waals surface area contributed by atoms with E-state index >= 15 is 0 Å². The first-order chi connectivity index (χ1) is 7.61. The van der Waals surface area contributed by atoms with Crippen LogP contribution in [0.5, 0.6) is 0 Å². The van der Waals surface area contributed by atoms with Crippen LogP contribution in [0.25, 0.3) is 0 Å². The Morgan fingerprint density at radius 2 is 1.94 bits per heavy atom. The molecular weight excluding hydrogens is 241 g/mol. The van der Waals surface area contributed by atoms with Gasteiger partial charge in [-0.2, -0.15) is 0 Å². The molecule has 86 valence electrons. The van der Waals surface area contributed by atoms with E-state index in [4.69, 9.17) is 28.9 Å². The van der Waals surface area contributed by atoms with Gasteiger partial charge in [0.05, 0.1) is 0 Å². The molecule has 0 aromatic heterocycles. The van der Waals surface area contributed by atoms with Gasteiger partial charge in [-0.25, -0.2) is 0 Å². The number of fused-ring (bicyclic) bond motifs is 1. The quantitative estimate of drug-likeness (QED) is 0.858. The normalized spacial score (nSPS) is 36.2. The molecule has 0 heterocycles. The molecule has 16 heavy (non-hydrogen) atoms. The van der Waals surface area contributed by atoms with E-state index in [-0.39, 0.29) is 5.54 Å². The highest BCUT2D eigenvalue weighted by molar-refractivity contribution is 6.35. The maximum atomic E-state index is 6.44. The Balaban J connectivity index is 1.80. The van der Waals surface area contributed by atoms with Crippen molar-refractivity contribution in [1.29, 1.82) is 0 Å². The second-order valence-corrected chi connectivity index (χ2v) is 6.01.